The average molecular weight is 627 g/mol. The minimum atomic E-state index is -1.24. The molecule has 3 aromatic rings. The molecule has 2 unspecified atom stereocenters. The van der Waals surface area contributed by atoms with Gasteiger partial charge in [0.15, 0.2) is 30.9 Å². The lowest BCUT2D eigenvalue weighted by molar-refractivity contribution is 0.0266. The molecule has 4 rings (SSSR count). The molecule has 1 heterocycles. The Kier molecular flexibility index (Phi) is 10.9. The number of ketones is 1. The van der Waals surface area contributed by atoms with Crippen LogP contribution >= 0.6 is 0 Å². The summed E-state index contributed by atoms with van der Waals surface area (Å²) in [5, 5.41) is 12.2. The minimum Gasteiger partial charge on any atom is -0.494 e. The third-order valence-electron chi connectivity index (χ3n) is 6.80. The van der Waals surface area contributed by atoms with Gasteiger partial charge in [0, 0.05) is 31.9 Å². The summed E-state index contributed by atoms with van der Waals surface area (Å²) in [6.07, 6.45) is -2.25. The Balaban J connectivity index is 1.47. The molecule has 45 heavy (non-hydrogen) atoms. The summed E-state index contributed by atoms with van der Waals surface area (Å²) in [4.78, 5) is 51.9. The van der Waals surface area contributed by atoms with Crippen LogP contribution in [0.25, 0.3) is 0 Å². The normalized spacial score (nSPS) is 15.7. The van der Waals surface area contributed by atoms with E-state index in [9.17, 15) is 24.3 Å². The highest BCUT2D eigenvalue weighted by atomic mass is 19.1. The van der Waals surface area contributed by atoms with Gasteiger partial charge in [-0.25, -0.2) is 14.0 Å². The van der Waals surface area contributed by atoms with Crippen LogP contribution in [-0.2, 0) is 14.2 Å². The maximum Gasteiger partial charge on any atom is 0.407 e. The van der Waals surface area contributed by atoms with Crippen molar-refractivity contribution in [2.75, 3.05) is 48.0 Å². The number of nitrogens with zero attached hydrogens (tertiary/aromatic N) is 1. The van der Waals surface area contributed by atoms with Crippen LogP contribution < -0.4 is 19.5 Å². The van der Waals surface area contributed by atoms with Crippen molar-refractivity contribution in [3.05, 3.63) is 88.7 Å². The number of amides is 2. The molecule has 0 aromatic heterocycles. The first-order valence-corrected chi connectivity index (χ1v) is 13.5. The Morgan fingerprint density at radius 3 is 2.04 bits per heavy atom. The van der Waals surface area contributed by atoms with Gasteiger partial charge in [-0.05, 0) is 48.5 Å². The predicted molar refractivity (Wildman–Crippen MR) is 154 cm³/mol. The number of benzene rings is 3. The second-order valence-electron chi connectivity index (χ2n) is 9.70. The van der Waals surface area contributed by atoms with Crippen molar-refractivity contribution in [1.29, 1.82) is 0 Å². The molecule has 1 fully saturated rings. The van der Waals surface area contributed by atoms with Gasteiger partial charge in [0.05, 0.1) is 25.3 Å². The van der Waals surface area contributed by atoms with E-state index >= 15 is 4.39 Å². The lowest BCUT2D eigenvalue weighted by Crippen LogP contribution is -2.44. The molecular weight excluding hydrogens is 595 g/mol. The zero-order chi connectivity index (χ0) is 32.5. The van der Waals surface area contributed by atoms with Crippen LogP contribution in [0.2, 0.25) is 0 Å². The van der Waals surface area contributed by atoms with E-state index in [2.05, 4.69) is 5.32 Å². The quantitative estimate of drug-likeness (QED) is 0.163. The summed E-state index contributed by atoms with van der Waals surface area (Å²) < 4.78 is 46.1. The summed E-state index contributed by atoms with van der Waals surface area (Å²) in [5.74, 6) is -2.71. The molecular formula is C31H31FN2O11. The number of hydrogen-bond acceptors (Lipinski definition) is 10. The standard InChI is InChI=1S/C31H31FN2O11/c1-40-16-43-21-10-8-19(9-11-21)29(36)33-22-14-34(31(38)39)15-25(22)45-30(37)20-6-4-18(5-7-20)28(35)26-23(44-17-41-2)12-13-24(42-3)27(26)32/h4-13,22,25H,14-17H2,1-3H3,(H,33,36)(H,38,39). The summed E-state index contributed by atoms with van der Waals surface area (Å²) in [6, 6.07) is 13.3. The highest BCUT2D eigenvalue weighted by Gasteiger charge is 2.39. The second-order valence-corrected chi connectivity index (χ2v) is 9.70. The Morgan fingerprint density at radius 2 is 1.42 bits per heavy atom. The molecule has 1 aliphatic heterocycles. The number of hydrogen-bond donors (Lipinski definition) is 2. The average Bonchev–Trinajstić information content (AvgIpc) is 3.44. The second kappa shape index (κ2) is 15.0. The molecule has 14 heteroatoms. The molecule has 0 aliphatic carbocycles. The van der Waals surface area contributed by atoms with Gasteiger partial charge in [-0.1, -0.05) is 12.1 Å². The summed E-state index contributed by atoms with van der Waals surface area (Å²) in [5.41, 5.74) is -0.0130. The van der Waals surface area contributed by atoms with Crippen LogP contribution in [0.1, 0.15) is 36.6 Å². The van der Waals surface area contributed by atoms with Gasteiger partial charge < -0.3 is 43.7 Å². The van der Waals surface area contributed by atoms with Crippen LogP contribution in [0, 0.1) is 5.82 Å². The minimum absolute atomic E-state index is 0.0380. The van der Waals surface area contributed by atoms with Crippen LogP contribution in [0.3, 0.4) is 0 Å². The molecule has 2 atom stereocenters. The summed E-state index contributed by atoms with van der Waals surface area (Å²) >= 11 is 0. The molecule has 0 spiro atoms. The molecule has 13 nitrogen and oxygen atoms in total. The first kappa shape index (κ1) is 32.7. The Labute approximate surface area is 257 Å². The molecule has 1 saturated heterocycles. The summed E-state index contributed by atoms with van der Waals surface area (Å²) in [7, 11) is 4.11. The largest absolute Gasteiger partial charge is 0.494 e. The van der Waals surface area contributed by atoms with Gasteiger partial charge in [0.25, 0.3) is 5.91 Å². The van der Waals surface area contributed by atoms with E-state index in [1.807, 2.05) is 0 Å². The van der Waals surface area contributed by atoms with Crippen LogP contribution in [0.4, 0.5) is 9.18 Å². The smallest absolute Gasteiger partial charge is 0.407 e. The van der Waals surface area contributed by atoms with Gasteiger partial charge in [-0.2, -0.15) is 0 Å². The van der Waals surface area contributed by atoms with Crippen LogP contribution in [-0.4, -0.2) is 93.9 Å². The number of esters is 1. The van der Waals surface area contributed by atoms with Crippen molar-refractivity contribution < 1.29 is 57.1 Å². The number of carboxylic acid groups (broad SMARTS) is 1. The molecule has 0 radical (unpaired) electrons. The molecule has 0 bridgehead atoms. The van der Waals surface area contributed by atoms with Crippen molar-refractivity contribution in [1.82, 2.24) is 10.2 Å². The third kappa shape index (κ3) is 7.85. The molecule has 2 N–H and O–H groups in total. The Bertz CT molecular complexity index is 1530. The lowest BCUT2D eigenvalue weighted by Gasteiger charge is -2.20. The topological polar surface area (TPSA) is 159 Å². The maximum atomic E-state index is 15.1. The maximum absolute atomic E-state index is 15.1. The van der Waals surface area contributed by atoms with Crippen molar-refractivity contribution in [3.8, 4) is 17.2 Å². The van der Waals surface area contributed by atoms with Gasteiger partial charge >= 0.3 is 12.1 Å². The number of likely N-dealkylation sites (tertiary alicyclic amines) is 1. The SMILES string of the molecule is COCOc1ccc(C(=O)NC2CN(C(=O)O)CC2OC(=O)c2ccc(C(=O)c3c(OCOC)ccc(OC)c3F)cc2)cc1. The fraction of sp³-hybridized carbons (Fsp3) is 0.290. The first-order valence-electron chi connectivity index (χ1n) is 13.5. The Hall–Kier alpha value is -5.21. The number of ether oxygens (including phenoxy) is 6. The molecule has 238 valence electrons. The third-order valence-corrected chi connectivity index (χ3v) is 6.80. The van der Waals surface area contributed by atoms with E-state index < -0.39 is 41.7 Å². The molecule has 2 amide bonds. The van der Waals surface area contributed by atoms with E-state index in [-0.39, 0.29) is 60.4 Å². The van der Waals surface area contributed by atoms with Crippen LogP contribution in [0.5, 0.6) is 17.2 Å². The zero-order valence-corrected chi connectivity index (χ0v) is 24.6. The molecule has 3 aromatic carbocycles. The molecule has 0 saturated carbocycles. The first-order chi connectivity index (χ1) is 21.7. The van der Waals surface area contributed by atoms with Crippen molar-refractivity contribution in [2.45, 2.75) is 12.1 Å². The number of rotatable bonds is 13. The van der Waals surface area contributed by atoms with Gasteiger partial charge in [0.1, 0.15) is 23.2 Å². The van der Waals surface area contributed by atoms with Crippen molar-refractivity contribution >= 4 is 23.8 Å². The fourth-order valence-electron chi connectivity index (χ4n) is 4.53. The number of methoxy groups -OCH3 is 3. The monoisotopic (exact) mass is 626 g/mol. The van der Waals surface area contributed by atoms with Gasteiger partial charge in [0.2, 0.25) is 0 Å². The fourth-order valence-corrected chi connectivity index (χ4v) is 4.53. The van der Waals surface area contributed by atoms with Crippen molar-refractivity contribution in [3.63, 3.8) is 0 Å². The number of carbonyl (C=O) groups is 4. The summed E-state index contributed by atoms with van der Waals surface area (Å²) in [6.45, 7) is -0.474. The zero-order valence-electron chi connectivity index (χ0n) is 24.6. The van der Waals surface area contributed by atoms with E-state index in [1.54, 1.807) is 12.1 Å². The number of halogens is 1. The highest BCUT2D eigenvalue weighted by molar-refractivity contribution is 6.11. The van der Waals surface area contributed by atoms with E-state index in [4.69, 9.17) is 28.4 Å². The van der Waals surface area contributed by atoms with E-state index in [1.165, 1.54) is 69.9 Å². The van der Waals surface area contributed by atoms with Gasteiger partial charge in [-0.3, -0.25) is 9.59 Å². The Morgan fingerprint density at radius 1 is 0.822 bits per heavy atom. The highest BCUT2D eigenvalue weighted by Crippen LogP contribution is 2.31. The van der Waals surface area contributed by atoms with Crippen molar-refractivity contribution in [2.24, 2.45) is 0 Å². The lowest BCUT2D eigenvalue weighted by atomic mass is 10.00. The molecule has 1 aliphatic rings. The number of carbonyl (C=O) groups excluding carboxylic acids is 3. The van der Waals surface area contributed by atoms with Gasteiger partial charge in [-0.15, -0.1) is 0 Å². The number of nitrogens with one attached hydrogen (secondary N) is 1. The predicted octanol–water partition coefficient (Wildman–Crippen LogP) is 3.35. The van der Waals surface area contributed by atoms with Crippen LogP contribution in [0.15, 0.2) is 60.7 Å². The van der Waals surface area contributed by atoms with E-state index in [0.717, 1.165) is 4.90 Å². The van der Waals surface area contributed by atoms with E-state index in [0.29, 0.717) is 5.75 Å².